The molecule has 1 aliphatic heterocycles. The summed E-state index contributed by atoms with van der Waals surface area (Å²) in [5, 5.41) is 2.86. The molecular weight excluding hydrogens is 256 g/mol. The molecule has 0 aromatic rings. The zero-order valence-electron chi connectivity index (χ0n) is 13.4. The zero-order chi connectivity index (χ0) is 15.3. The molecule has 1 heterocycles. The minimum atomic E-state index is -0.388. The first-order valence-electron chi connectivity index (χ1n) is 7.44. The molecule has 0 aromatic carbocycles. The average molecular weight is 284 g/mol. The Balaban J connectivity index is 2.74. The molecule has 2 amide bonds. The van der Waals surface area contributed by atoms with Crippen molar-refractivity contribution in [2.45, 2.75) is 58.6 Å². The van der Waals surface area contributed by atoms with Crippen molar-refractivity contribution in [2.24, 2.45) is 5.92 Å². The van der Waals surface area contributed by atoms with Crippen LogP contribution in [-0.4, -0.2) is 48.6 Å². The topological polar surface area (TPSA) is 58.6 Å². The molecule has 1 N–H and O–H groups in total. The number of hydrogen-bond donors (Lipinski definition) is 1. The predicted molar refractivity (Wildman–Crippen MR) is 78.3 cm³/mol. The molecule has 0 aliphatic carbocycles. The van der Waals surface area contributed by atoms with Crippen LogP contribution in [0.2, 0.25) is 0 Å². The predicted octanol–water partition coefficient (Wildman–Crippen LogP) is 1.56. The van der Waals surface area contributed by atoms with Gasteiger partial charge in [-0.15, -0.1) is 0 Å². The van der Waals surface area contributed by atoms with Crippen LogP contribution in [0.4, 0.5) is 0 Å². The Morgan fingerprint density at radius 3 is 2.65 bits per heavy atom. The quantitative estimate of drug-likeness (QED) is 0.805. The number of ether oxygens (including phenoxy) is 1. The highest BCUT2D eigenvalue weighted by molar-refractivity contribution is 5.90. The van der Waals surface area contributed by atoms with Gasteiger partial charge in [0.1, 0.15) is 6.04 Å². The number of nitrogens with one attached hydrogen (secondary N) is 1. The fourth-order valence-electron chi connectivity index (χ4n) is 2.20. The van der Waals surface area contributed by atoms with Gasteiger partial charge >= 0.3 is 0 Å². The molecule has 0 bridgehead atoms. The Morgan fingerprint density at radius 1 is 1.45 bits per heavy atom. The van der Waals surface area contributed by atoms with E-state index < -0.39 is 0 Å². The third-order valence-electron chi connectivity index (χ3n) is 4.25. The second kappa shape index (κ2) is 7.07. The van der Waals surface area contributed by atoms with Crippen molar-refractivity contribution >= 4 is 11.8 Å². The molecule has 20 heavy (non-hydrogen) atoms. The van der Waals surface area contributed by atoms with Crippen LogP contribution in [-0.2, 0) is 14.3 Å². The van der Waals surface area contributed by atoms with E-state index in [-0.39, 0.29) is 29.4 Å². The second-order valence-electron chi connectivity index (χ2n) is 6.22. The lowest BCUT2D eigenvalue weighted by Gasteiger charge is -2.30. The lowest BCUT2D eigenvalue weighted by atomic mass is 9.97. The third kappa shape index (κ3) is 4.47. The normalized spacial score (nSPS) is 22.4. The largest absolute Gasteiger partial charge is 0.379 e. The smallest absolute Gasteiger partial charge is 0.245 e. The monoisotopic (exact) mass is 284 g/mol. The van der Waals surface area contributed by atoms with E-state index in [1.54, 1.807) is 12.0 Å². The Hall–Kier alpha value is -1.10. The van der Waals surface area contributed by atoms with Crippen LogP contribution < -0.4 is 5.32 Å². The van der Waals surface area contributed by atoms with Gasteiger partial charge in [-0.05, 0) is 26.2 Å². The second-order valence-corrected chi connectivity index (χ2v) is 6.22. The molecule has 0 aromatic heterocycles. The first-order valence-corrected chi connectivity index (χ1v) is 7.44. The van der Waals surface area contributed by atoms with Crippen LogP contribution in [0.3, 0.4) is 0 Å². The number of amides is 2. The molecule has 5 nitrogen and oxygen atoms in total. The van der Waals surface area contributed by atoms with Gasteiger partial charge in [0.05, 0.1) is 5.60 Å². The summed E-state index contributed by atoms with van der Waals surface area (Å²) in [6, 6.07) is -0.388. The van der Waals surface area contributed by atoms with E-state index in [1.165, 1.54) is 0 Å². The van der Waals surface area contributed by atoms with Crippen LogP contribution >= 0.6 is 0 Å². The Morgan fingerprint density at radius 2 is 2.10 bits per heavy atom. The van der Waals surface area contributed by atoms with Crippen LogP contribution in [0.1, 0.15) is 47.0 Å². The summed E-state index contributed by atoms with van der Waals surface area (Å²) in [6.07, 6.45) is 2.01. The van der Waals surface area contributed by atoms with E-state index in [2.05, 4.69) is 5.32 Å². The van der Waals surface area contributed by atoms with Crippen LogP contribution in [0, 0.1) is 5.92 Å². The molecule has 2 atom stereocenters. The maximum Gasteiger partial charge on any atom is 0.245 e. The van der Waals surface area contributed by atoms with E-state index in [0.717, 1.165) is 12.8 Å². The van der Waals surface area contributed by atoms with Crippen molar-refractivity contribution < 1.29 is 14.3 Å². The van der Waals surface area contributed by atoms with E-state index in [1.807, 2.05) is 27.7 Å². The summed E-state index contributed by atoms with van der Waals surface area (Å²) in [6.45, 7) is 9.17. The number of hydrogen-bond acceptors (Lipinski definition) is 3. The Kier molecular flexibility index (Phi) is 5.99. The maximum atomic E-state index is 12.6. The van der Waals surface area contributed by atoms with Crippen LogP contribution in [0.15, 0.2) is 0 Å². The molecule has 0 saturated carbocycles. The highest BCUT2D eigenvalue weighted by Gasteiger charge is 2.33. The standard InChI is InChI=1S/C15H28N2O3/c1-6-11(2)13-14(19)17(9-7-12(18)16-13)10-8-15(3,4)20-5/h11,13H,6-10H2,1-5H3,(H,16,18). The number of methoxy groups -OCH3 is 1. The van der Waals surface area contributed by atoms with Gasteiger partial charge in [0.15, 0.2) is 0 Å². The lowest BCUT2D eigenvalue weighted by molar-refractivity contribution is -0.135. The van der Waals surface area contributed by atoms with E-state index in [9.17, 15) is 9.59 Å². The van der Waals surface area contributed by atoms with Gasteiger partial charge in [-0.2, -0.15) is 0 Å². The van der Waals surface area contributed by atoms with Crippen LogP contribution in [0.5, 0.6) is 0 Å². The number of carbonyl (C=O) groups is 2. The summed E-state index contributed by atoms with van der Waals surface area (Å²) in [5.41, 5.74) is -0.254. The minimum absolute atomic E-state index is 0.0304. The molecule has 1 aliphatic rings. The van der Waals surface area contributed by atoms with Crippen molar-refractivity contribution in [3.05, 3.63) is 0 Å². The van der Waals surface area contributed by atoms with Gasteiger partial charge in [0, 0.05) is 26.6 Å². The summed E-state index contributed by atoms with van der Waals surface area (Å²) < 4.78 is 5.39. The van der Waals surface area contributed by atoms with E-state index >= 15 is 0 Å². The lowest BCUT2D eigenvalue weighted by Crippen LogP contribution is -2.49. The molecule has 1 saturated heterocycles. The Bertz CT molecular complexity index is 355. The SMILES string of the molecule is CCC(C)C1NC(=O)CCN(CCC(C)(C)OC)C1=O. The van der Waals surface area contributed by atoms with Gasteiger partial charge in [0.2, 0.25) is 11.8 Å². The van der Waals surface area contributed by atoms with Crippen molar-refractivity contribution in [3.63, 3.8) is 0 Å². The van der Waals surface area contributed by atoms with Crippen molar-refractivity contribution in [1.82, 2.24) is 10.2 Å². The number of rotatable bonds is 6. The Labute approximate surface area is 122 Å². The first-order chi connectivity index (χ1) is 9.30. The molecule has 1 fully saturated rings. The van der Waals surface area contributed by atoms with Gasteiger partial charge in [-0.3, -0.25) is 9.59 Å². The summed E-state index contributed by atoms with van der Waals surface area (Å²) in [5.74, 6) is 0.164. The molecule has 1 rings (SSSR count). The maximum absolute atomic E-state index is 12.6. The van der Waals surface area contributed by atoms with Gasteiger partial charge in [-0.1, -0.05) is 20.3 Å². The van der Waals surface area contributed by atoms with Crippen LogP contribution in [0.25, 0.3) is 0 Å². The minimum Gasteiger partial charge on any atom is -0.379 e. The highest BCUT2D eigenvalue weighted by Crippen LogP contribution is 2.18. The van der Waals surface area contributed by atoms with E-state index in [4.69, 9.17) is 4.74 Å². The van der Waals surface area contributed by atoms with Crippen molar-refractivity contribution in [3.8, 4) is 0 Å². The molecule has 2 unspecified atom stereocenters. The molecular formula is C15H28N2O3. The molecule has 0 radical (unpaired) electrons. The fourth-order valence-corrected chi connectivity index (χ4v) is 2.20. The van der Waals surface area contributed by atoms with Crippen molar-refractivity contribution in [1.29, 1.82) is 0 Å². The van der Waals surface area contributed by atoms with Gasteiger partial charge in [-0.25, -0.2) is 0 Å². The zero-order valence-corrected chi connectivity index (χ0v) is 13.4. The number of nitrogens with zero attached hydrogens (tertiary/aromatic N) is 1. The van der Waals surface area contributed by atoms with Gasteiger partial charge in [0.25, 0.3) is 0 Å². The molecule has 5 heteroatoms. The highest BCUT2D eigenvalue weighted by atomic mass is 16.5. The fraction of sp³-hybridized carbons (Fsp3) is 0.867. The number of carbonyl (C=O) groups excluding carboxylic acids is 2. The summed E-state index contributed by atoms with van der Waals surface area (Å²) in [7, 11) is 1.68. The van der Waals surface area contributed by atoms with Gasteiger partial charge < -0.3 is 15.0 Å². The first kappa shape index (κ1) is 17.0. The molecule has 0 spiro atoms. The third-order valence-corrected chi connectivity index (χ3v) is 4.25. The molecule has 116 valence electrons. The van der Waals surface area contributed by atoms with Crippen molar-refractivity contribution in [2.75, 3.05) is 20.2 Å². The summed E-state index contributed by atoms with van der Waals surface area (Å²) in [4.78, 5) is 26.1. The van der Waals surface area contributed by atoms with E-state index in [0.29, 0.717) is 19.5 Å². The summed E-state index contributed by atoms with van der Waals surface area (Å²) >= 11 is 0. The average Bonchev–Trinajstić information content (AvgIpc) is 2.56.